The number of rotatable bonds is 5. The van der Waals surface area contributed by atoms with Gasteiger partial charge in [0.15, 0.2) is 0 Å². The highest BCUT2D eigenvalue weighted by molar-refractivity contribution is 6.30. The molecular formula is C15H20ClNO2. The molecule has 0 aromatic heterocycles. The molecule has 0 bridgehead atoms. The molecular weight excluding hydrogens is 262 g/mol. The second-order valence-corrected chi connectivity index (χ2v) is 5.35. The number of benzene rings is 1. The van der Waals surface area contributed by atoms with Gasteiger partial charge in [0.1, 0.15) is 6.61 Å². The molecule has 19 heavy (non-hydrogen) atoms. The van der Waals surface area contributed by atoms with Crippen LogP contribution in [-0.4, -0.2) is 37.1 Å². The molecule has 1 aliphatic rings. The molecule has 0 radical (unpaired) electrons. The van der Waals surface area contributed by atoms with Crippen molar-refractivity contribution < 1.29 is 9.53 Å². The minimum Gasteiger partial charge on any atom is -0.464 e. The molecule has 1 fully saturated rings. The zero-order valence-corrected chi connectivity index (χ0v) is 12.0. The maximum atomic E-state index is 11.1. The largest absolute Gasteiger partial charge is 0.464 e. The molecule has 1 heterocycles. The van der Waals surface area contributed by atoms with Gasteiger partial charge in [-0.15, -0.1) is 0 Å². The molecule has 1 saturated heterocycles. The highest BCUT2D eigenvalue weighted by Gasteiger charge is 2.23. The number of hydrogen-bond donors (Lipinski definition) is 0. The van der Waals surface area contributed by atoms with Crippen molar-refractivity contribution >= 4 is 17.6 Å². The summed E-state index contributed by atoms with van der Waals surface area (Å²) in [5.41, 5.74) is 1.34. The van der Waals surface area contributed by atoms with Crippen molar-refractivity contribution in [2.24, 2.45) is 0 Å². The summed E-state index contributed by atoms with van der Waals surface area (Å²) in [6.07, 6.45) is 1.61. The molecule has 1 aromatic rings. The number of nitrogens with zero attached hydrogens (tertiary/aromatic N) is 1. The van der Waals surface area contributed by atoms with E-state index in [1.807, 2.05) is 19.1 Å². The Morgan fingerprint density at radius 1 is 1.42 bits per heavy atom. The SMILES string of the molecule is CCC(=O)OCCN1CCC(c2ccc(Cl)cc2)C1. The molecule has 1 aromatic carbocycles. The molecule has 0 spiro atoms. The third-order valence-corrected chi connectivity index (χ3v) is 3.82. The maximum absolute atomic E-state index is 11.1. The Balaban J connectivity index is 1.77. The van der Waals surface area contributed by atoms with Gasteiger partial charge in [0.25, 0.3) is 0 Å². The number of carbonyl (C=O) groups excluding carboxylic acids is 1. The summed E-state index contributed by atoms with van der Waals surface area (Å²) in [7, 11) is 0. The van der Waals surface area contributed by atoms with Gasteiger partial charge in [-0.2, -0.15) is 0 Å². The summed E-state index contributed by atoms with van der Waals surface area (Å²) < 4.78 is 5.11. The van der Waals surface area contributed by atoms with Gasteiger partial charge in [0.2, 0.25) is 0 Å². The van der Waals surface area contributed by atoms with Crippen molar-refractivity contribution in [2.75, 3.05) is 26.2 Å². The van der Waals surface area contributed by atoms with Gasteiger partial charge in [-0.25, -0.2) is 0 Å². The quantitative estimate of drug-likeness (QED) is 0.777. The fourth-order valence-corrected chi connectivity index (χ4v) is 2.56. The fourth-order valence-electron chi connectivity index (χ4n) is 2.43. The molecule has 0 amide bonds. The minimum absolute atomic E-state index is 0.117. The number of esters is 1. The highest BCUT2D eigenvalue weighted by atomic mass is 35.5. The zero-order chi connectivity index (χ0) is 13.7. The molecule has 104 valence electrons. The van der Waals surface area contributed by atoms with Crippen molar-refractivity contribution in [1.29, 1.82) is 0 Å². The van der Waals surface area contributed by atoms with E-state index in [1.165, 1.54) is 5.56 Å². The Bertz CT molecular complexity index is 419. The summed E-state index contributed by atoms with van der Waals surface area (Å²) in [5.74, 6) is 0.451. The lowest BCUT2D eigenvalue weighted by Gasteiger charge is -2.16. The summed E-state index contributed by atoms with van der Waals surface area (Å²) in [5, 5.41) is 0.782. The van der Waals surface area contributed by atoms with Gasteiger partial charge < -0.3 is 4.74 Å². The Morgan fingerprint density at radius 3 is 2.84 bits per heavy atom. The van der Waals surface area contributed by atoms with Crippen molar-refractivity contribution in [3.8, 4) is 0 Å². The monoisotopic (exact) mass is 281 g/mol. The molecule has 2 rings (SSSR count). The normalized spacial score (nSPS) is 19.6. The van der Waals surface area contributed by atoms with E-state index in [0.717, 1.165) is 31.1 Å². The number of halogens is 1. The molecule has 0 saturated carbocycles. The second-order valence-electron chi connectivity index (χ2n) is 4.91. The summed E-state index contributed by atoms with van der Waals surface area (Å²) >= 11 is 5.90. The Kier molecular flexibility index (Phi) is 5.23. The molecule has 0 N–H and O–H groups in total. The average Bonchev–Trinajstić information content (AvgIpc) is 2.88. The van der Waals surface area contributed by atoms with Crippen LogP contribution in [0.5, 0.6) is 0 Å². The summed E-state index contributed by atoms with van der Waals surface area (Å²) in [4.78, 5) is 13.4. The van der Waals surface area contributed by atoms with Crippen LogP contribution in [0.3, 0.4) is 0 Å². The number of hydrogen-bond acceptors (Lipinski definition) is 3. The molecule has 4 heteroatoms. The van der Waals surface area contributed by atoms with E-state index >= 15 is 0 Å². The Morgan fingerprint density at radius 2 is 2.16 bits per heavy atom. The van der Waals surface area contributed by atoms with Crippen LogP contribution in [-0.2, 0) is 9.53 Å². The fraction of sp³-hybridized carbons (Fsp3) is 0.533. The Labute approximate surface area is 119 Å². The van der Waals surface area contributed by atoms with E-state index < -0.39 is 0 Å². The summed E-state index contributed by atoms with van der Waals surface area (Å²) in [6.45, 7) is 5.24. The van der Waals surface area contributed by atoms with Crippen LogP contribution in [0.15, 0.2) is 24.3 Å². The van der Waals surface area contributed by atoms with Crippen molar-refractivity contribution in [3.63, 3.8) is 0 Å². The second kappa shape index (κ2) is 6.92. The molecule has 1 unspecified atom stereocenters. The van der Waals surface area contributed by atoms with Gasteiger partial charge in [-0.05, 0) is 36.6 Å². The predicted octanol–water partition coefficient (Wildman–Crippen LogP) is 3.08. The predicted molar refractivity (Wildman–Crippen MR) is 76.5 cm³/mol. The van der Waals surface area contributed by atoms with Crippen molar-refractivity contribution in [2.45, 2.75) is 25.7 Å². The lowest BCUT2D eigenvalue weighted by Crippen LogP contribution is -2.25. The average molecular weight is 282 g/mol. The molecule has 1 atom stereocenters. The van der Waals surface area contributed by atoms with E-state index in [-0.39, 0.29) is 5.97 Å². The first kappa shape index (κ1) is 14.4. The van der Waals surface area contributed by atoms with E-state index in [0.29, 0.717) is 18.9 Å². The van der Waals surface area contributed by atoms with Gasteiger partial charge in [0, 0.05) is 24.5 Å². The minimum atomic E-state index is -0.117. The maximum Gasteiger partial charge on any atom is 0.305 e. The first-order valence-electron chi connectivity index (χ1n) is 6.82. The van der Waals surface area contributed by atoms with E-state index in [9.17, 15) is 4.79 Å². The van der Waals surface area contributed by atoms with Crippen LogP contribution in [0.25, 0.3) is 0 Å². The van der Waals surface area contributed by atoms with Crippen LogP contribution in [0.4, 0.5) is 0 Å². The van der Waals surface area contributed by atoms with Gasteiger partial charge in [-0.1, -0.05) is 30.7 Å². The standard InChI is InChI=1S/C15H20ClNO2/c1-2-15(18)19-10-9-17-8-7-13(11-17)12-3-5-14(16)6-4-12/h3-6,13H,2,7-11H2,1H3. The van der Waals surface area contributed by atoms with E-state index in [4.69, 9.17) is 16.3 Å². The number of ether oxygens (including phenoxy) is 1. The van der Waals surface area contributed by atoms with Gasteiger partial charge in [0.05, 0.1) is 0 Å². The van der Waals surface area contributed by atoms with Crippen molar-refractivity contribution in [1.82, 2.24) is 4.90 Å². The number of carbonyl (C=O) groups is 1. The molecule has 1 aliphatic heterocycles. The third kappa shape index (κ3) is 4.22. The first-order valence-corrected chi connectivity index (χ1v) is 7.20. The van der Waals surface area contributed by atoms with Crippen molar-refractivity contribution in [3.05, 3.63) is 34.9 Å². The summed E-state index contributed by atoms with van der Waals surface area (Å²) in [6, 6.07) is 8.10. The van der Waals surface area contributed by atoms with Crippen LogP contribution < -0.4 is 0 Å². The molecule has 0 aliphatic carbocycles. The Hall–Kier alpha value is -1.06. The van der Waals surface area contributed by atoms with E-state index in [1.54, 1.807) is 0 Å². The van der Waals surface area contributed by atoms with Crippen LogP contribution >= 0.6 is 11.6 Å². The molecule has 3 nitrogen and oxygen atoms in total. The van der Waals surface area contributed by atoms with Crippen LogP contribution in [0.2, 0.25) is 5.02 Å². The lowest BCUT2D eigenvalue weighted by atomic mass is 9.99. The number of likely N-dealkylation sites (tertiary alicyclic amines) is 1. The third-order valence-electron chi connectivity index (χ3n) is 3.57. The zero-order valence-electron chi connectivity index (χ0n) is 11.3. The van der Waals surface area contributed by atoms with E-state index in [2.05, 4.69) is 17.0 Å². The first-order chi connectivity index (χ1) is 9.19. The topological polar surface area (TPSA) is 29.5 Å². The van der Waals surface area contributed by atoms with Gasteiger partial charge >= 0.3 is 5.97 Å². The highest BCUT2D eigenvalue weighted by Crippen LogP contribution is 2.27. The van der Waals surface area contributed by atoms with Gasteiger partial charge in [-0.3, -0.25) is 9.69 Å². The smallest absolute Gasteiger partial charge is 0.305 e. The van der Waals surface area contributed by atoms with Crippen LogP contribution in [0.1, 0.15) is 31.2 Å². The van der Waals surface area contributed by atoms with Crippen LogP contribution in [0, 0.1) is 0 Å². The lowest BCUT2D eigenvalue weighted by molar-refractivity contribution is -0.143.